The summed E-state index contributed by atoms with van der Waals surface area (Å²) in [6, 6.07) is 4.69. The lowest BCUT2D eigenvalue weighted by Gasteiger charge is -2.24. The fraction of sp³-hybridized carbons (Fsp3) is 0.438. The van der Waals surface area contributed by atoms with E-state index in [0.717, 1.165) is 0 Å². The lowest BCUT2D eigenvalue weighted by Crippen LogP contribution is -2.35. The topological polar surface area (TPSA) is 66.4 Å². The van der Waals surface area contributed by atoms with Crippen LogP contribution in [0.25, 0.3) is 0 Å². The highest BCUT2D eigenvalue weighted by molar-refractivity contribution is 7.80. The highest BCUT2D eigenvalue weighted by Crippen LogP contribution is 2.28. The van der Waals surface area contributed by atoms with E-state index in [4.69, 9.17) is 21.7 Å². The average Bonchev–Trinajstić information content (AvgIpc) is 3.01. The van der Waals surface area contributed by atoms with E-state index in [2.05, 4.69) is 10.5 Å². The molecule has 1 aromatic rings. The van der Waals surface area contributed by atoms with Crippen LogP contribution >= 0.6 is 12.2 Å². The van der Waals surface area contributed by atoms with Crippen LogP contribution in [0, 0.1) is 5.82 Å². The van der Waals surface area contributed by atoms with Gasteiger partial charge in [0.2, 0.25) is 0 Å². The number of benzene rings is 1. The smallest absolute Gasteiger partial charge is 0.414 e. The molecule has 1 saturated heterocycles. The number of ether oxygens (including phenoxy) is 2. The Kier molecular flexibility index (Phi) is 5.32. The van der Waals surface area contributed by atoms with Gasteiger partial charge in [-0.1, -0.05) is 0 Å². The van der Waals surface area contributed by atoms with E-state index in [9.17, 15) is 9.18 Å². The number of hydrogen-bond donors (Lipinski definition) is 1. The van der Waals surface area contributed by atoms with E-state index in [1.807, 2.05) is 0 Å². The van der Waals surface area contributed by atoms with Gasteiger partial charge in [0.05, 0.1) is 31.6 Å². The van der Waals surface area contributed by atoms with E-state index < -0.39 is 11.9 Å². The highest BCUT2D eigenvalue weighted by Gasteiger charge is 2.32. The molecule has 0 spiro atoms. The molecular formula is C16H19FN4O3S. The Hall–Kier alpha value is -2.42. The van der Waals surface area contributed by atoms with Gasteiger partial charge >= 0.3 is 6.09 Å². The molecule has 3 rings (SSSR count). The van der Waals surface area contributed by atoms with Gasteiger partial charge in [-0.15, -0.1) is 0 Å². The first-order valence-electron chi connectivity index (χ1n) is 7.95. The summed E-state index contributed by atoms with van der Waals surface area (Å²) in [5, 5.41) is 4.39. The second-order valence-corrected chi connectivity index (χ2v) is 6.17. The zero-order chi connectivity index (χ0) is 17.8. The van der Waals surface area contributed by atoms with Crippen LogP contribution in [-0.2, 0) is 9.47 Å². The number of nitrogens with one attached hydrogen (secondary N) is 1. The lowest BCUT2D eigenvalue weighted by atomic mass is 10.2. The zero-order valence-corrected chi connectivity index (χ0v) is 14.6. The third-order valence-electron chi connectivity index (χ3n) is 4.08. The molecule has 1 amide bonds. The molecule has 7 nitrogen and oxygen atoms in total. The number of amides is 1. The van der Waals surface area contributed by atoms with E-state index in [0.29, 0.717) is 48.9 Å². The van der Waals surface area contributed by atoms with Crippen LogP contribution in [0.4, 0.5) is 20.6 Å². The molecule has 2 aliphatic heterocycles. The van der Waals surface area contributed by atoms with E-state index in [1.54, 1.807) is 23.4 Å². The predicted octanol–water partition coefficient (Wildman–Crippen LogP) is 2.26. The number of rotatable bonds is 5. The van der Waals surface area contributed by atoms with Crippen molar-refractivity contribution in [1.82, 2.24) is 5.43 Å². The average molecular weight is 366 g/mol. The van der Waals surface area contributed by atoms with Crippen LogP contribution in [0.2, 0.25) is 0 Å². The van der Waals surface area contributed by atoms with Crippen LogP contribution < -0.4 is 15.2 Å². The fourth-order valence-electron chi connectivity index (χ4n) is 2.75. The molecule has 1 fully saturated rings. The van der Waals surface area contributed by atoms with Crippen LogP contribution in [0.15, 0.2) is 23.3 Å². The summed E-state index contributed by atoms with van der Waals surface area (Å²) in [6.45, 7) is 1.62. The Labute approximate surface area is 150 Å². The molecule has 1 atom stereocenters. The Balaban J connectivity index is 1.68. The number of carbonyl (C=O) groups excluding carboxylic acids is 1. The number of anilines is 2. The number of thiocarbonyl (C=S) groups is 1. The van der Waals surface area contributed by atoms with Crippen LogP contribution in [0.5, 0.6) is 0 Å². The molecule has 9 heteroatoms. The second kappa shape index (κ2) is 7.64. The number of methoxy groups -OCH3 is 1. The molecule has 0 radical (unpaired) electrons. The van der Waals surface area contributed by atoms with Gasteiger partial charge in [0, 0.05) is 13.0 Å². The third-order valence-corrected chi connectivity index (χ3v) is 4.45. The summed E-state index contributed by atoms with van der Waals surface area (Å²) >= 11 is 4.99. The van der Waals surface area contributed by atoms with Crippen molar-refractivity contribution in [3.05, 3.63) is 24.0 Å². The van der Waals surface area contributed by atoms with E-state index >= 15 is 0 Å². The van der Waals surface area contributed by atoms with Gasteiger partial charge in [0.15, 0.2) is 5.05 Å². The van der Waals surface area contributed by atoms with Gasteiger partial charge in [-0.25, -0.2) is 9.18 Å². The van der Waals surface area contributed by atoms with Crippen molar-refractivity contribution < 1.29 is 18.7 Å². The van der Waals surface area contributed by atoms with Gasteiger partial charge in [0.1, 0.15) is 18.3 Å². The Morgan fingerprint density at radius 2 is 2.40 bits per heavy atom. The monoisotopic (exact) mass is 366 g/mol. The predicted molar refractivity (Wildman–Crippen MR) is 96.7 cm³/mol. The minimum atomic E-state index is -0.482. The summed E-state index contributed by atoms with van der Waals surface area (Å²) < 4.78 is 24.7. The standard InChI is InChI=1S/C16H19FN4O3S/c1-23-15(25)5-3-12-9-21(16(22)24-12)11-2-4-14(13(17)8-11)20-7-6-18-19-10-20/h2,4,8,10,12,18H,3,5-7,9H2,1H3/t12-/m0/s1. The lowest BCUT2D eigenvalue weighted by molar-refractivity contribution is 0.137. The van der Waals surface area contributed by atoms with Crippen molar-refractivity contribution >= 4 is 41.1 Å². The number of hydrogen-bond acceptors (Lipinski definition) is 7. The molecule has 0 bridgehead atoms. The summed E-state index contributed by atoms with van der Waals surface area (Å²) in [6.07, 6.45) is 1.88. The van der Waals surface area contributed by atoms with Crippen molar-refractivity contribution in [1.29, 1.82) is 0 Å². The van der Waals surface area contributed by atoms with Crippen LogP contribution in [0.1, 0.15) is 12.8 Å². The minimum absolute atomic E-state index is 0.288. The molecule has 0 saturated carbocycles. The van der Waals surface area contributed by atoms with Crippen molar-refractivity contribution in [2.45, 2.75) is 18.9 Å². The minimum Gasteiger partial charge on any atom is -0.490 e. The van der Waals surface area contributed by atoms with Crippen molar-refractivity contribution in [2.75, 3.05) is 36.5 Å². The Morgan fingerprint density at radius 1 is 1.56 bits per heavy atom. The Morgan fingerprint density at radius 3 is 3.08 bits per heavy atom. The van der Waals surface area contributed by atoms with Gasteiger partial charge < -0.3 is 19.8 Å². The molecular weight excluding hydrogens is 347 g/mol. The highest BCUT2D eigenvalue weighted by atomic mass is 32.1. The first-order chi connectivity index (χ1) is 12.1. The van der Waals surface area contributed by atoms with Crippen LogP contribution in [-0.4, -0.2) is 50.3 Å². The largest absolute Gasteiger partial charge is 0.490 e. The first kappa shape index (κ1) is 17.4. The molecule has 0 unspecified atom stereocenters. The Bertz CT molecular complexity index is 700. The molecule has 1 aromatic carbocycles. The summed E-state index contributed by atoms with van der Waals surface area (Å²) in [5.74, 6) is -0.414. The van der Waals surface area contributed by atoms with Gasteiger partial charge in [0.25, 0.3) is 0 Å². The number of halogens is 1. The molecule has 2 heterocycles. The maximum atomic E-state index is 14.5. The van der Waals surface area contributed by atoms with Crippen molar-refractivity contribution in [3.8, 4) is 0 Å². The maximum Gasteiger partial charge on any atom is 0.414 e. The quantitative estimate of drug-likeness (QED) is 0.807. The van der Waals surface area contributed by atoms with Crippen LogP contribution in [0.3, 0.4) is 0 Å². The summed E-state index contributed by atoms with van der Waals surface area (Å²) in [7, 11) is 1.52. The number of carbonyl (C=O) groups is 1. The first-order valence-corrected chi connectivity index (χ1v) is 8.36. The molecule has 25 heavy (non-hydrogen) atoms. The number of cyclic esters (lactones) is 1. The summed E-state index contributed by atoms with van der Waals surface area (Å²) in [5.41, 5.74) is 3.70. The van der Waals surface area contributed by atoms with Gasteiger partial charge in [-0.3, -0.25) is 4.90 Å². The molecule has 134 valence electrons. The SMILES string of the molecule is COC(=S)CC[C@H]1CN(c2ccc(N3C=NNCC3)c(F)c2)C(=O)O1. The normalized spacial score (nSPS) is 19.6. The van der Waals surface area contributed by atoms with Crippen molar-refractivity contribution in [2.24, 2.45) is 5.10 Å². The fourth-order valence-corrected chi connectivity index (χ4v) is 2.86. The second-order valence-electron chi connectivity index (χ2n) is 5.71. The summed E-state index contributed by atoms with van der Waals surface area (Å²) in [4.78, 5) is 15.2. The molecule has 1 N–H and O–H groups in total. The molecule has 0 aliphatic carbocycles. The van der Waals surface area contributed by atoms with Gasteiger partial charge in [-0.2, -0.15) is 5.10 Å². The van der Waals surface area contributed by atoms with Crippen molar-refractivity contribution in [3.63, 3.8) is 0 Å². The van der Waals surface area contributed by atoms with E-state index in [-0.39, 0.29) is 6.10 Å². The zero-order valence-electron chi connectivity index (χ0n) is 13.8. The van der Waals surface area contributed by atoms with E-state index in [1.165, 1.54) is 18.1 Å². The molecule has 2 aliphatic rings. The maximum absolute atomic E-state index is 14.5. The number of hydrazone groups is 1. The number of nitrogens with zero attached hydrogens (tertiary/aromatic N) is 3. The third kappa shape index (κ3) is 3.98. The van der Waals surface area contributed by atoms with Gasteiger partial charge in [-0.05, 0) is 36.8 Å². The molecule has 0 aromatic heterocycles.